The van der Waals surface area contributed by atoms with Gasteiger partial charge in [0.15, 0.2) is 0 Å². The summed E-state index contributed by atoms with van der Waals surface area (Å²) in [5.41, 5.74) is 7.77. The van der Waals surface area contributed by atoms with Gasteiger partial charge in [-0.3, -0.25) is 10.1 Å². The molecule has 1 heterocycles. The highest BCUT2D eigenvalue weighted by molar-refractivity contribution is 5.87. The Kier molecular flexibility index (Phi) is 6.44. The average molecular weight is 366 g/mol. The van der Waals surface area contributed by atoms with Crippen LogP contribution in [-0.4, -0.2) is 29.9 Å². The SMILES string of the molecule is NC(=O)Nc1ccc(CNC(C(=O)N2CCCCC2)c2ccccc2)cc1. The van der Waals surface area contributed by atoms with E-state index in [0.29, 0.717) is 12.2 Å². The van der Waals surface area contributed by atoms with Crippen molar-refractivity contribution in [2.45, 2.75) is 31.8 Å². The summed E-state index contributed by atoms with van der Waals surface area (Å²) < 4.78 is 0. The van der Waals surface area contributed by atoms with Crippen LogP contribution in [0.1, 0.15) is 36.4 Å². The number of nitrogens with two attached hydrogens (primary N) is 1. The summed E-state index contributed by atoms with van der Waals surface area (Å²) in [4.78, 5) is 26.0. The summed E-state index contributed by atoms with van der Waals surface area (Å²) in [6.07, 6.45) is 3.34. The molecule has 1 aliphatic heterocycles. The van der Waals surface area contributed by atoms with Crippen molar-refractivity contribution in [3.8, 4) is 0 Å². The van der Waals surface area contributed by atoms with Gasteiger partial charge in [-0.15, -0.1) is 0 Å². The number of carbonyl (C=O) groups excluding carboxylic acids is 2. The van der Waals surface area contributed by atoms with Gasteiger partial charge in [0.25, 0.3) is 0 Å². The third-order valence-electron chi connectivity index (χ3n) is 4.78. The minimum atomic E-state index is -0.586. The quantitative estimate of drug-likeness (QED) is 0.734. The number of anilines is 1. The minimum Gasteiger partial charge on any atom is -0.351 e. The summed E-state index contributed by atoms with van der Waals surface area (Å²) in [6.45, 7) is 2.21. The Hall–Kier alpha value is -2.86. The van der Waals surface area contributed by atoms with Crippen molar-refractivity contribution in [2.24, 2.45) is 5.73 Å². The molecule has 1 fully saturated rings. The molecule has 1 aliphatic rings. The predicted molar refractivity (Wildman–Crippen MR) is 106 cm³/mol. The maximum absolute atomic E-state index is 13.1. The summed E-state index contributed by atoms with van der Waals surface area (Å²) in [5, 5.41) is 5.95. The van der Waals surface area contributed by atoms with Gasteiger partial charge in [-0.25, -0.2) is 4.79 Å². The van der Waals surface area contributed by atoms with Gasteiger partial charge >= 0.3 is 6.03 Å². The zero-order valence-corrected chi connectivity index (χ0v) is 15.4. The molecule has 0 bridgehead atoms. The lowest BCUT2D eigenvalue weighted by molar-refractivity contribution is -0.134. The molecule has 0 aliphatic carbocycles. The molecule has 1 unspecified atom stereocenters. The second kappa shape index (κ2) is 9.19. The lowest BCUT2D eigenvalue weighted by Gasteiger charge is -2.31. The third-order valence-corrected chi connectivity index (χ3v) is 4.78. The van der Waals surface area contributed by atoms with Gasteiger partial charge in [-0.1, -0.05) is 42.5 Å². The first-order valence-electron chi connectivity index (χ1n) is 9.36. The van der Waals surface area contributed by atoms with E-state index in [9.17, 15) is 9.59 Å². The molecule has 0 aromatic heterocycles. The number of benzene rings is 2. The summed E-state index contributed by atoms with van der Waals surface area (Å²) in [5.74, 6) is 0.132. The number of piperidine rings is 1. The number of likely N-dealkylation sites (tertiary alicyclic amines) is 1. The Morgan fingerprint density at radius 3 is 2.26 bits per heavy atom. The van der Waals surface area contributed by atoms with Gasteiger partial charge < -0.3 is 16.0 Å². The number of carbonyl (C=O) groups is 2. The van der Waals surface area contributed by atoms with Crippen molar-refractivity contribution >= 4 is 17.6 Å². The van der Waals surface area contributed by atoms with Gasteiger partial charge in [-0.2, -0.15) is 0 Å². The zero-order valence-electron chi connectivity index (χ0n) is 15.4. The molecule has 3 rings (SSSR count). The molecule has 0 saturated carbocycles. The molecule has 6 heteroatoms. The maximum atomic E-state index is 13.1. The average Bonchev–Trinajstić information content (AvgIpc) is 2.70. The van der Waals surface area contributed by atoms with Gasteiger partial charge in [0.2, 0.25) is 5.91 Å². The van der Waals surface area contributed by atoms with Crippen LogP contribution in [0, 0.1) is 0 Å². The Labute approximate surface area is 159 Å². The lowest BCUT2D eigenvalue weighted by atomic mass is 10.0. The van der Waals surface area contributed by atoms with E-state index in [1.54, 1.807) is 12.1 Å². The van der Waals surface area contributed by atoms with Crippen LogP contribution in [0.4, 0.5) is 10.5 Å². The number of amides is 3. The normalized spacial score (nSPS) is 15.2. The molecule has 0 radical (unpaired) electrons. The molecule has 27 heavy (non-hydrogen) atoms. The van der Waals surface area contributed by atoms with Crippen LogP contribution in [0.3, 0.4) is 0 Å². The van der Waals surface area contributed by atoms with Crippen molar-refractivity contribution in [2.75, 3.05) is 18.4 Å². The Balaban J connectivity index is 1.69. The van der Waals surface area contributed by atoms with Gasteiger partial charge in [0.05, 0.1) is 0 Å². The minimum absolute atomic E-state index is 0.132. The second-order valence-corrected chi connectivity index (χ2v) is 6.80. The molecular weight excluding hydrogens is 340 g/mol. The highest BCUT2D eigenvalue weighted by Crippen LogP contribution is 2.20. The molecule has 6 nitrogen and oxygen atoms in total. The molecule has 1 saturated heterocycles. The molecule has 2 aromatic carbocycles. The van der Waals surface area contributed by atoms with Crippen LogP contribution in [0.5, 0.6) is 0 Å². The van der Waals surface area contributed by atoms with Gasteiger partial charge in [-0.05, 0) is 42.5 Å². The highest BCUT2D eigenvalue weighted by atomic mass is 16.2. The molecular formula is C21H26N4O2. The Morgan fingerprint density at radius 2 is 1.63 bits per heavy atom. The predicted octanol–water partition coefficient (Wildman–Crippen LogP) is 3.02. The van der Waals surface area contributed by atoms with E-state index in [2.05, 4.69) is 10.6 Å². The molecule has 3 amide bonds. The molecule has 142 valence electrons. The fourth-order valence-electron chi connectivity index (χ4n) is 3.36. The molecule has 2 aromatic rings. The number of urea groups is 1. The second-order valence-electron chi connectivity index (χ2n) is 6.80. The van der Waals surface area contributed by atoms with Crippen molar-refractivity contribution in [1.29, 1.82) is 0 Å². The monoisotopic (exact) mass is 366 g/mol. The fraction of sp³-hybridized carbons (Fsp3) is 0.333. The Bertz CT molecular complexity index is 756. The standard InChI is InChI=1S/C21H26N4O2/c22-21(27)24-18-11-9-16(10-12-18)15-23-19(17-7-3-1-4-8-17)20(26)25-13-5-2-6-14-25/h1,3-4,7-12,19,23H,2,5-6,13-15H2,(H3,22,24,27). The number of primary amides is 1. The van der Waals surface area contributed by atoms with E-state index >= 15 is 0 Å². The van der Waals surface area contributed by atoms with E-state index in [1.165, 1.54) is 6.42 Å². The molecule has 4 N–H and O–H groups in total. The summed E-state index contributed by atoms with van der Waals surface area (Å²) in [7, 11) is 0. The molecule has 0 spiro atoms. The van der Waals surface area contributed by atoms with Crippen molar-refractivity contribution < 1.29 is 9.59 Å². The van der Waals surface area contributed by atoms with E-state index in [4.69, 9.17) is 5.73 Å². The van der Waals surface area contributed by atoms with Crippen molar-refractivity contribution in [1.82, 2.24) is 10.2 Å². The topological polar surface area (TPSA) is 87.5 Å². The van der Waals surface area contributed by atoms with Gasteiger partial charge in [0, 0.05) is 25.3 Å². The van der Waals surface area contributed by atoms with E-state index in [0.717, 1.165) is 37.1 Å². The van der Waals surface area contributed by atoms with Crippen molar-refractivity contribution in [3.63, 3.8) is 0 Å². The first-order chi connectivity index (χ1) is 13.1. The maximum Gasteiger partial charge on any atom is 0.316 e. The number of nitrogens with one attached hydrogen (secondary N) is 2. The zero-order chi connectivity index (χ0) is 19.1. The summed E-state index contributed by atoms with van der Waals surface area (Å²) >= 11 is 0. The Morgan fingerprint density at radius 1 is 0.963 bits per heavy atom. The number of rotatable bonds is 6. The lowest BCUT2D eigenvalue weighted by Crippen LogP contribution is -2.43. The van der Waals surface area contributed by atoms with Gasteiger partial charge in [0.1, 0.15) is 6.04 Å². The van der Waals surface area contributed by atoms with Crippen LogP contribution in [0.2, 0.25) is 0 Å². The van der Waals surface area contributed by atoms with Crippen LogP contribution in [0.25, 0.3) is 0 Å². The van der Waals surface area contributed by atoms with Crippen LogP contribution in [0.15, 0.2) is 54.6 Å². The van der Waals surface area contributed by atoms with E-state index < -0.39 is 6.03 Å². The van der Waals surface area contributed by atoms with Crippen LogP contribution < -0.4 is 16.4 Å². The number of hydrogen-bond donors (Lipinski definition) is 3. The fourth-order valence-corrected chi connectivity index (χ4v) is 3.36. The number of hydrogen-bond acceptors (Lipinski definition) is 3. The summed E-state index contributed by atoms with van der Waals surface area (Å²) in [6, 6.07) is 16.3. The number of nitrogens with zero attached hydrogens (tertiary/aromatic N) is 1. The van der Waals surface area contributed by atoms with Crippen LogP contribution in [-0.2, 0) is 11.3 Å². The molecule has 1 atom stereocenters. The highest BCUT2D eigenvalue weighted by Gasteiger charge is 2.26. The first kappa shape index (κ1) is 18.9. The van der Waals surface area contributed by atoms with Crippen LogP contribution >= 0.6 is 0 Å². The smallest absolute Gasteiger partial charge is 0.316 e. The first-order valence-corrected chi connectivity index (χ1v) is 9.36. The third kappa shape index (κ3) is 5.31. The largest absolute Gasteiger partial charge is 0.351 e. The van der Waals surface area contributed by atoms with E-state index in [1.807, 2.05) is 47.4 Å². The van der Waals surface area contributed by atoms with E-state index in [-0.39, 0.29) is 11.9 Å². The van der Waals surface area contributed by atoms with Crippen molar-refractivity contribution in [3.05, 3.63) is 65.7 Å².